The van der Waals surface area contributed by atoms with Crippen LogP contribution in [0.25, 0.3) is 77.5 Å². The minimum Gasteiger partial charge on any atom is -0.244 e. The van der Waals surface area contributed by atoms with Gasteiger partial charge in [-0.2, -0.15) is 0 Å². The van der Waals surface area contributed by atoms with Gasteiger partial charge in [0.05, 0.1) is 11.0 Å². The van der Waals surface area contributed by atoms with Crippen molar-refractivity contribution in [2.24, 2.45) is 0 Å². The van der Waals surface area contributed by atoms with Gasteiger partial charge < -0.3 is 0 Å². The second-order valence-electron chi connectivity index (χ2n) is 9.59. The Labute approximate surface area is 228 Å². The maximum atomic E-state index is 5.08. The summed E-state index contributed by atoms with van der Waals surface area (Å²) in [6.07, 6.45) is 6.71. The summed E-state index contributed by atoms with van der Waals surface area (Å²) in [4.78, 5) is 32.3. The topological polar surface area (TPSA) is 90.2 Å². The van der Waals surface area contributed by atoms with Crippen LogP contribution in [0, 0.1) is 0 Å². The number of hydrogen-bond donors (Lipinski definition) is 0. The highest BCUT2D eigenvalue weighted by molar-refractivity contribution is 6.11. The number of nitrogens with zero attached hydrogens (tertiary/aromatic N) is 7. The van der Waals surface area contributed by atoms with Gasteiger partial charge in [-0.15, -0.1) is 0 Å². The van der Waals surface area contributed by atoms with E-state index in [1.54, 1.807) is 25.0 Å². The largest absolute Gasteiger partial charge is 0.244 e. The van der Waals surface area contributed by atoms with Gasteiger partial charge in [-0.05, 0) is 64.0 Å². The first-order chi connectivity index (χ1) is 19.8. The Kier molecular flexibility index (Phi) is 4.99. The highest BCUT2D eigenvalue weighted by Gasteiger charge is 2.17. The average Bonchev–Trinajstić information content (AvgIpc) is 3.03. The SMILES string of the molecule is c1ccc2c(-c3nc(-c4ccc5ncncc5c4)nc(-c4ccc5ncncc5c4)n3)c3ccccc3cc2c1. The van der Waals surface area contributed by atoms with Crippen molar-refractivity contribution in [1.29, 1.82) is 0 Å². The van der Waals surface area contributed by atoms with Gasteiger partial charge in [0, 0.05) is 39.9 Å². The molecule has 0 saturated heterocycles. The third kappa shape index (κ3) is 3.72. The Morgan fingerprint density at radius 1 is 0.425 bits per heavy atom. The van der Waals surface area contributed by atoms with Crippen LogP contribution in [0.5, 0.6) is 0 Å². The zero-order valence-electron chi connectivity index (χ0n) is 21.1. The summed E-state index contributed by atoms with van der Waals surface area (Å²) in [7, 11) is 0. The molecule has 0 spiro atoms. The normalized spacial score (nSPS) is 11.5. The van der Waals surface area contributed by atoms with Gasteiger partial charge in [-0.1, -0.05) is 48.5 Å². The van der Waals surface area contributed by atoms with Crippen molar-refractivity contribution in [3.05, 3.63) is 116 Å². The quantitative estimate of drug-likeness (QED) is 0.233. The predicted molar refractivity (Wildman–Crippen MR) is 157 cm³/mol. The molecule has 3 aromatic heterocycles. The van der Waals surface area contributed by atoms with Crippen LogP contribution < -0.4 is 0 Å². The summed E-state index contributed by atoms with van der Waals surface area (Å²) in [5.41, 5.74) is 4.43. The van der Waals surface area contributed by atoms with E-state index in [9.17, 15) is 0 Å². The minimum absolute atomic E-state index is 0.576. The Balaban J connectivity index is 1.44. The average molecular weight is 514 g/mol. The van der Waals surface area contributed by atoms with Gasteiger partial charge in [0.25, 0.3) is 0 Å². The molecule has 0 aliphatic heterocycles. The molecule has 0 N–H and O–H groups in total. The second-order valence-corrected chi connectivity index (χ2v) is 9.59. The van der Waals surface area contributed by atoms with E-state index in [4.69, 9.17) is 15.0 Å². The molecule has 0 atom stereocenters. The fraction of sp³-hybridized carbons (Fsp3) is 0. The van der Waals surface area contributed by atoms with E-state index in [0.29, 0.717) is 17.5 Å². The molecule has 0 unspecified atom stereocenters. The Bertz CT molecular complexity index is 2090. The smallest absolute Gasteiger partial charge is 0.165 e. The van der Waals surface area contributed by atoms with Gasteiger partial charge in [0.2, 0.25) is 0 Å². The molecule has 0 fully saturated rings. The lowest BCUT2D eigenvalue weighted by Crippen LogP contribution is -2.01. The van der Waals surface area contributed by atoms with Crippen LogP contribution in [0.15, 0.2) is 116 Å². The van der Waals surface area contributed by atoms with Gasteiger partial charge in [-0.25, -0.2) is 34.9 Å². The van der Waals surface area contributed by atoms with Crippen LogP contribution in [-0.2, 0) is 0 Å². The van der Waals surface area contributed by atoms with Gasteiger partial charge in [-0.3, -0.25) is 0 Å². The molecular formula is C33H19N7. The van der Waals surface area contributed by atoms with E-state index in [1.807, 2.05) is 36.4 Å². The highest BCUT2D eigenvalue weighted by Crippen LogP contribution is 2.36. The lowest BCUT2D eigenvalue weighted by atomic mass is 9.96. The van der Waals surface area contributed by atoms with E-state index in [0.717, 1.165) is 60.0 Å². The molecule has 0 aliphatic carbocycles. The van der Waals surface area contributed by atoms with E-state index < -0.39 is 0 Å². The minimum atomic E-state index is 0.576. The van der Waals surface area contributed by atoms with Crippen molar-refractivity contribution in [3.63, 3.8) is 0 Å². The molecule has 186 valence electrons. The molecule has 0 aliphatic rings. The van der Waals surface area contributed by atoms with E-state index in [2.05, 4.69) is 74.5 Å². The van der Waals surface area contributed by atoms with Crippen LogP contribution in [0.1, 0.15) is 0 Å². The zero-order chi connectivity index (χ0) is 26.5. The lowest BCUT2D eigenvalue weighted by molar-refractivity contribution is 1.08. The van der Waals surface area contributed by atoms with Crippen LogP contribution in [-0.4, -0.2) is 34.9 Å². The van der Waals surface area contributed by atoms with Crippen LogP contribution in [0.4, 0.5) is 0 Å². The van der Waals surface area contributed by atoms with E-state index in [-0.39, 0.29) is 0 Å². The molecular weight excluding hydrogens is 494 g/mol. The zero-order valence-corrected chi connectivity index (χ0v) is 21.1. The van der Waals surface area contributed by atoms with Crippen molar-refractivity contribution in [2.75, 3.05) is 0 Å². The summed E-state index contributed by atoms with van der Waals surface area (Å²) in [5.74, 6) is 1.76. The molecule has 40 heavy (non-hydrogen) atoms. The monoisotopic (exact) mass is 513 g/mol. The van der Waals surface area contributed by atoms with Crippen molar-refractivity contribution >= 4 is 43.4 Å². The molecule has 5 aromatic carbocycles. The van der Waals surface area contributed by atoms with Crippen LogP contribution >= 0.6 is 0 Å². The fourth-order valence-corrected chi connectivity index (χ4v) is 5.25. The van der Waals surface area contributed by atoms with Crippen molar-refractivity contribution in [2.45, 2.75) is 0 Å². The van der Waals surface area contributed by atoms with Crippen molar-refractivity contribution in [1.82, 2.24) is 34.9 Å². The van der Waals surface area contributed by atoms with E-state index >= 15 is 0 Å². The maximum absolute atomic E-state index is 5.08. The van der Waals surface area contributed by atoms with Crippen LogP contribution in [0.3, 0.4) is 0 Å². The lowest BCUT2D eigenvalue weighted by Gasteiger charge is -2.13. The van der Waals surface area contributed by atoms with Crippen molar-refractivity contribution < 1.29 is 0 Å². The molecule has 7 nitrogen and oxygen atoms in total. The first kappa shape index (κ1) is 22.3. The Hall–Kier alpha value is -5.69. The fourth-order valence-electron chi connectivity index (χ4n) is 5.25. The maximum Gasteiger partial charge on any atom is 0.165 e. The number of fused-ring (bicyclic) bond motifs is 4. The third-order valence-corrected chi connectivity index (χ3v) is 7.16. The summed E-state index contributed by atoms with van der Waals surface area (Å²) in [6, 6.07) is 30.9. The van der Waals surface area contributed by atoms with Gasteiger partial charge in [0.15, 0.2) is 17.5 Å². The standard InChI is InChI=1S/C33H19N7/c1-3-7-26-20(5-1)13-21-6-2-4-8-27(21)30(26)33-39-31(22-9-11-28-24(14-22)16-34-18-36-28)38-32(40-33)23-10-12-29-25(15-23)17-35-19-37-29/h1-19H. The first-order valence-corrected chi connectivity index (χ1v) is 12.9. The Morgan fingerprint density at radius 2 is 0.925 bits per heavy atom. The number of rotatable bonds is 3. The molecule has 0 bridgehead atoms. The third-order valence-electron chi connectivity index (χ3n) is 7.16. The number of benzene rings is 5. The molecule has 7 heteroatoms. The van der Waals surface area contributed by atoms with Gasteiger partial charge >= 0.3 is 0 Å². The molecule has 0 radical (unpaired) electrons. The molecule has 0 saturated carbocycles. The highest BCUT2D eigenvalue weighted by atomic mass is 15.0. The molecule has 3 heterocycles. The second kappa shape index (κ2) is 8.96. The first-order valence-electron chi connectivity index (χ1n) is 12.9. The summed E-state index contributed by atoms with van der Waals surface area (Å²) < 4.78 is 0. The van der Waals surface area contributed by atoms with Gasteiger partial charge in [0.1, 0.15) is 12.7 Å². The number of aromatic nitrogens is 7. The molecule has 8 aromatic rings. The van der Waals surface area contributed by atoms with Crippen molar-refractivity contribution in [3.8, 4) is 34.2 Å². The van der Waals surface area contributed by atoms with E-state index in [1.165, 1.54) is 0 Å². The summed E-state index contributed by atoms with van der Waals surface area (Å²) >= 11 is 0. The molecule has 0 amide bonds. The predicted octanol–water partition coefficient (Wildman–Crippen LogP) is 7.07. The number of hydrogen-bond acceptors (Lipinski definition) is 7. The van der Waals surface area contributed by atoms with Crippen LogP contribution in [0.2, 0.25) is 0 Å². The summed E-state index contributed by atoms with van der Waals surface area (Å²) in [6.45, 7) is 0. The molecule has 8 rings (SSSR count). The Morgan fingerprint density at radius 3 is 1.48 bits per heavy atom. The summed E-state index contributed by atoms with van der Waals surface area (Å²) in [5, 5.41) is 6.27.